The molecule has 4 aromatic rings. The molecule has 10 heteroatoms. The van der Waals surface area contributed by atoms with Gasteiger partial charge < -0.3 is 14.8 Å². The summed E-state index contributed by atoms with van der Waals surface area (Å²) >= 11 is 0. The molecule has 1 heterocycles. The second kappa shape index (κ2) is 12.6. The van der Waals surface area contributed by atoms with Crippen LogP contribution in [0.3, 0.4) is 0 Å². The van der Waals surface area contributed by atoms with Crippen molar-refractivity contribution in [2.45, 2.75) is 6.61 Å². The van der Waals surface area contributed by atoms with E-state index < -0.39 is 29.6 Å². The summed E-state index contributed by atoms with van der Waals surface area (Å²) in [5.41, 5.74) is 1.66. The molecule has 1 fully saturated rings. The summed E-state index contributed by atoms with van der Waals surface area (Å²) in [6.45, 7) is -0.0406. The molecule has 1 saturated heterocycles. The Kier molecular flexibility index (Phi) is 8.34. The van der Waals surface area contributed by atoms with Gasteiger partial charge in [-0.05, 0) is 66.2 Å². The number of hydrogen-bond donors (Lipinski definition) is 2. The molecule has 4 aromatic carbocycles. The number of imide groups is 2. The highest BCUT2D eigenvalue weighted by atomic mass is 19.1. The number of urea groups is 1. The first-order valence-electron chi connectivity index (χ1n) is 12.8. The van der Waals surface area contributed by atoms with Crippen LogP contribution in [0.15, 0.2) is 109 Å². The first-order valence-corrected chi connectivity index (χ1v) is 12.8. The summed E-state index contributed by atoms with van der Waals surface area (Å²) in [6, 6.07) is 26.8. The maximum atomic E-state index is 13.4. The summed E-state index contributed by atoms with van der Waals surface area (Å²) in [6.07, 6.45) is 1.29. The third kappa shape index (κ3) is 6.68. The highest BCUT2D eigenvalue weighted by Crippen LogP contribution is 2.27. The second-order valence-corrected chi connectivity index (χ2v) is 9.11. The zero-order chi connectivity index (χ0) is 29.5. The lowest BCUT2D eigenvalue weighted by Crippen LogP contribution is -2.54. The molecule has 5 rings (SSSR count). The number of rotatable bonds is 9. The van der Waals surface area contributed by atoms with E-state index in [1.54, 1.807) is 48.5 Å². The van der Waals surface area contributed by atoms with Crippen LogP contribution in [-0.2, 0) is 21.0 Å². The summed E-state index contributed by atoms with van der Waals surface area (Å²) in [4.78, 5) is 51.9. The van der Waals surface area contributed by atoms with Crippen LogP contribution in [0.2, 0.25) is 0 Å². The van der Waals surface area contributed by atoms with Gasteiger partial charge in [0.15, 0.2) is 6.61 Å². The summed E-state index contributed by atoms with van der Waals surface area (Å²) < 4.78 is 24.5. The number of carbonyl (C=O) groups excluding carboxylic acids is 4. The highest BCUT2D eigenvalue weighted by Gasteiger charge is 2.37. The van der Waals surface area contributed by atoms with Crippen molar-refractivity contribution in [1.29, 1.82) is 0 Å². The Morgan fingerprint density at radius 3 is 2.26 bits per heavy atom. The fraction of sp³-hybridized carbons (Fsp3) is 0.0625. The zero-order valence-electron chi connectivity index (χ0n) is 22.1. The number of amides is 5. The van der Waals surface area contributed by atoms with Crippen molar-refractivity contribution in [2.24, 2.45) is 0 Å². The molecule has 0 unspecified atom stereocenters. The SMILES string of the molecule is O=C(COc1ccccc1/C=C1/C(=O)NC(=O)N(c2ccc(OCc3ccccc3)cc2)C1=O)Nc1ccc(F)cc1. The first kappa shape index (κ1) is 27.8. The monoisotopic (exact) mass is 565 g/mol. The van der Waals surface area contributed by atoms with Gasteiger partial charge in [0.05, 0.1) is 5.69 Å². The average molecular weight is 566 g/mol. The average Bonchev–Trinajstić information content (AvgIpc) is 3.00. The number of hydrogen-bond acceptors (Lipinski definition) is 6. The molecule has 42 heavy (non-hydrogen) atoms. The number of barbiturate groups is 1. The van der Waals surface area contributed by atoms with E-state index in [4.69, 9.17) is 9.47 Å². The van der Waals surface area contributed by atoms with Crippen molar-refractivity contribution in [3.8, 4) is 11.5 Å². The third-order valence-corrected chi connectivity index (χ3v) is 6.15. The molecule has 0 aromatic heterocycles. The summed E-state index contributed by atoms with van der Waals surface area (Å²) in [5, 5.41) is 4.77. The van der Waals surface area contributed by atoms with Crippen LogP contribution >= 0.6 is 0 Å². The predicted molar refractivity (Wildman–Crippen MR) is 153 cm³/mol. The van der Waals surface area contributed by atoms with Crippen LogP contribution in [0.1, 0.15) is 11.1 Å². The number of ether oxygens (including phenoxy) is 2. The van der Waals surface area contributed by atoms with Gasteiger partial charge in [0.1, 0.15) is 29.5 Å². The summed E-state index contributed by atoms with van der Waals surface area (Å²) in [7, 11) is 0. The molecule has 0 saturated carbocycles. The van der Waals surface area contributed by atoms with E-state index >= 15 is 0 Å². The van der Waals surface area contributed by atoms with Gasteiger partial charge in [-0.3, -0.25) is 19.7 Å². The lowest BCUT2D eigenvalue weighted by Gasteiger charge is -2.26. The van der Waals surface area contributed by atoms with E-state index in [0.29, 0.717) is 23.6 Å². The largest absolute Gasteiger partial charge is 0.489 e. The predicted octanol–water partition coefficient (Wildman–Crippen LogP) is 5.09. The van der Waals surface area contributed by atoms with Gasteiger partial charge in [0.2, 0.25) is 0 Å². The van der Waals surface area contributed by atoms with Crippen LogP contribution in [0.25, 0.3) is 6.08 Å². The molecule has 0 atom stereocenters. The Hall–Kier alpha value is -5.77. The van der Waals surface area contributed by atoms with E-state index in [1.807, 2.05) is 30.3 Å². The molecule has 1 aliphatic rings. The normalized spacial score (nSPS) is 14.0. The molecule has 0 bridgehead atoms. The van der Waals surface area contributed by atoms with Gasteiger partial charge in [-0.25, -0.2) is 14.1 Å². The van der Waals surface area contributed by atoms with E-state index in [0.717, 1.165) is 10.5 Å². The van der Waals surface area contributed by atoms with Crippen LogP contribution < -0.4 is 25.0 Å². The second-order valence-electron chi connectivity index (χ2n) is 9.11. The molecule has 0 aliphatic carbocycles. The molecule has 210 valence electrons. The molecule has 1 aliphatic heterocycles. The molecule has 9 nitrogen and oxygen atoms in total. The number of halogens is 1. The minimum atomic E-state index is -0.887. The molecular formula is C32H24FN3O6. The Morgan fingerprint density at radius 2 is 1.52 bits per heavy atom. The number of carbonyl (C=O) groups is 4. The Morgan fingerprint density at radius 1 is 0.833 bits per heavy atom. The zero-order valence-corrected chi connectivity index (χ0v) is 22.1. The fourth-order valence-electron chi connectivity index (χ4n) is 4.08. The van der Waals surface area contributed by atoms with Crippen LogP contribution in [-0.4, -0.2) is 30.4 Å². The van der Waals surface area contributed by atoms with E-state index in [-0.39, 0.29) is 23.6 Å². The minimum absolute atomic E-state index is 0.225. The van der Waals surface area contributed by atoms with Gasteiger partial charge >= 0.3 is 6.03 Å². The number of para-hydroxylation sites is 1. The van der Waals surface area contributed by atoms with Crippen molar-refractivity contribution in [3.05, 3.63) is 126 Å². The fourth-order valence-corrected chi connectivity index (χ4v) is 4.08. The highest BCUT2D eigenvalue weighted by molar-refractivity contribution is 6.39. The first-order chi connectivity index (χ1) is 20.4. The standard InChI is InChI=1S/C32H24FN3O6/c33-23-10-12-24(13-11-23)34-29(37)20-42-28-9-5-4-8-22(28)18-27-30(38)35-32(40)36(31(27)39)25-14-16-26(17-15-25)41-19-21-6-2-1-3-7-21/h1-18H,19-20H2,(H,34,37)(H,35,38,40)/b27-18-. The van der Waals surface area contributed by atoms with E-state index in [1.165, 1.54) is 30.3 Å². The molecule has 0 spiro atoms. The lowest BCUT2D eigenvalue weighted by atomic mass is 10.1. The van der Waals surface area contributed by atoms with Gasteiger partial charge in [0.25, 0.3) is 17.7 Å². The Balaban J connectivity index is 1.29. The van der Waals surface area contributed by atoms with Gasteiger partial charge in [-0.1, -0.05) is 48.5 Å². The molecule has 5 amide bonds. The minimum Gasteiger partial charge on any atom is -0.489 e. The smallest absolute Gasteiger partial charge is 0.335 e. The van der Waals surface area contributed by atoms with Crippen molar-refractivity contribution in [2.75, 3.05) is 16.8 Å². The van der Waals surface area contributed by atoms with E-state index in [9.17, 15) is 23.6 Å². The number of anilines is 2. The number of nitrogens with one attached hydrogen (secondary N) is 2. The third-order valence-electron chi connectivity index (χ3n) is 6.15. The van der Waals surface area contributed by atoms with Crippen LogP contribution in [0.4, 0.5) is 20.6 Å². The van der Waals surface area contributed by atoms with Crippen molar-refractivity contribution >= 4 is 41.2 Å². The van der Waals surface area contributed by atoms with Gasteiger partial charge in [0, 0.05) is 11.3 Å². The Bertz CT molecular complexity index is 1650. The topological polar surface area (TPSA) is 114 Å². The van der Waals surface area contributed by atoms with Crippen molar-refractivity contribution in [1.82, 2.24) is 5.32 Å². The maximum absolute atomic E-state index is 13.4. The summed E-state index contributed by atoms with van der Waals surface area (Å²) in [5.74, 6) is -1.86. The Labute approximate surface area is 240 Å². The van der Waals surface area contributed by atoms with E-state index in [2.05, 4.69) is 10.6 Å². The molecule has 2 N–H and O–H groups in total. The van der Waals surface area contributed by atoms with Crippen LogP contribution in [0.5, 0.6) is 11.5 Å². The quantitative estimate of drug-likeness (QED) is 0.216. The van der Waals surface area contributed by atoms with Crippen LogP contribution in [0, 0.1) is 5.82 Å². The van der Waals surface area contributed by atoms with Crippen molar-refractivity contribution < 1.29 is 33.0 Å². The molecular weight excluding hydrogens is 541 g/mol. The van der Waals surface area contributed by atoms with Crippen molar-refractivity contribution in [3.63, 3.8) is 0 Å². The molecule has 0 radical (unpaired) electrons. The number of nitrogens with zero attached hydrogens (tertiary/aromatic N) is 1. The van der Waals surface area contributed by atoms with Gasteiger partial charge in [-0.2, -0.15) is 0 Å². The van der Waals surface area contributed by atoms with Gasteiger partial charge in [-0.15, -0.1) is 0 Å². The maximum Gasteiger partial charge on any atom is 0.335 e. The number of benzene rings is 4. The lowest BCUT2D eigenvalue weighted by molar-refractivity contribution is -0.122.